The monoisotopic (exact) mass is 194 g/mol. The highest BCUT2D eigenvalue weighted by molar-refractivity contribution is 5.77. The fourth-order valence-electron chi connectivity index (χ4n) is 1.51. The minimum Gasteiger partial charge on any atom is -0.496 e. The zero-order valence-corrected chi connectivity index (χ0v) is 8.57. The second kappa shape index (κ2) is 4.13. The van der Waals surface area contributed by atoms with Gasteiger partial charge in [0.1, 0.15) is 5.75 Å². The predicted octanol–water partition coefficient (Wildman–Crippen LogP) is 2.19. The maximum absolute atomic E-state index is 10.9. The Morgan fingerprint density at radius 1 is 1.50 bits per heavy atom. The Balaban J connectivity index is 3.23. The van der Waals surface area contributed by atoms with E-state index in [0.29, 0.717) is 5.75 Å². The molecule has 0 bridgehead atoms. The van der Waals surface area contributed by atoms with Crippen LogP contribution in [0.5, 0.6) is 5.75 Å². The van der Waals surface area contributed by atoms with Gasteiger partial charge in [0.05, 0.1) is 13.0 Å². The van der Waals surface area contributed by atoms with Crippen molar-refractivity contribution in [1.29, 1.82) is 0 Å². The summed E-state index contributed by atoms with van der Waals surface area (Å²) in [4.78, 5) is 10.9. The molecule has 0 saturated carbocycles. The molecule has 1 rings (SSSR count). The quantitative estimate of drug-likeness (QED) is 0.802. The van der Waals surface area contributed by atoms with E-state index < -0.39 is 11.9 Å². The average Bonchev–Trinajstić information content (AvgIpc) is 2.16. The van der Waals surface area contributed by atoms with Gasteiger partial charge in [0.2, 0.25) is 0 Å². The first-order valence-corrected chi connectivity index (χ1v) is 4.44. The first kappa shape index (κ1) is 10.6. The van der Waals surface area contributed by atoms with E-state index in [-0.39, 0.29) is 0 Å². The number of aryl methyl sites for hydroxylation is 1. The Morgan fingerprint density at radius 3 is 2.64 bits per heavy atom. The van der Waals surface area contributed by atoms with Gasteiger partial charge < -0.3 is 9.84 Å². The summed E-state index contributed by atoms with van der Waals surface area (Å²) in [6, 6.07) is 5.52. The molecule has 1 N–H and O–H groups in total. The Kier molecular flexibility index (Phi) is 3.12. The minimum atomic E-state index is -0.836. The van der Waals surface area contributed by atoms with Crippen LogP contribution in [0.1, 0.15) is 24.0 Å². The van der Waals surface area contributed by atoms with Crippen LogP contribution in [0.15, 0.2) is 18.2 Å². The molecule has 14 heavy (non-hydrogen) atoms. The third-order valence-electron chi connectivity index (χ3n) is 2.31. The van der Waals surface area contributed by atoms with Crippen molar-refractivity contribution in [1.82, 2.24) is 0 Å². The number of ether oxygens (including phenoxy) is 1. The van der Waals surface area contributed by atoms with Crippen molar-refractivity contribution in [2.45, 2.75) is 19.8 Å². The van der Waals surface area contributed by atoms with Gasteiger partial charge in [-0.2, -0.15) is 0 Å². The topological polar surface area (TPSA) is 46.5 Å². The Bertz CT molecular complexity index is 344. The van der Waals surface area contributed by atoms with Gasteiger partial charge in [0.25, 0.3) is 0 Å². The van der Waals surface area contributed by atoms with Gasteiger partial charge in [-0.25, -0.2) is 0 Å². The van der Waals surface area contributed by atoms with Gasteiger partial charge >= 0.3 is 5.97 Å². The van der Waals surface area contributed by atoms with Crippen molar-refractivity contribution in [3.8, 4) is 5.75 Å². The van der Waals surface area contributed by atoms with Crippen LogP contribution in [-0.4, -0.2) is 18.2 Å². The Hall–Kier alpha value is -1.51. The molecule has 76 valence electrons. The molecule has 0 fully saturated rings. The Labute approximate surface area is 83.3 Å². The van der Waals surface area contributed by atoms with E-state index in [1.807, 2.05) is 19.1 Å². The molecule has 0 radical (unpaired) electrons. The Morgan fingerprint density at radius 2 is 2.14 bits per heavy atom. The summed E-state index contributed by atoms with van der Waals surface area (Å²) in [6.07, 6.45) is 0. The zero-order valence-electron chi connectivity index (χ0n) is 8.57. The molecule has 0 aliphatic carbocycles. The van der Waals surface area contributed by atoms with E-state index in [2.05, 4.69) is 0 Å². The normalized spacial score (nSPS) is 12.2. The third kappa shape index (κ3) is 1.87. The lowest BCUT2D eigenvalue weighted by Crippen LogP contribution is -2.10. The van der Waals surface area contributed by atoms with Crippen molar-refractivity contribution in [3.05, 3.63) is 29.3 Å². The van der Waals surface area contributed by atoms with Crippen molar-refractivity contribution in [2.75, 3.05) is 7.11 Å². The van der Waals surface area contributed by atoms with Gasteiger partial charge in [-0.15, -0.1) is 0 Å². The van der Waals surface area contributed by atoms with E-state index in [4.69, 9.17) is 9.84 Å². The number of carboxylic acids is 1. The molecule has 0 aliphatic heterocycles. The maximum Gasteiger partial charge on any atom is 0.310 e. The number of benzene rings is 1. The second-order valence-corrected chi connectivity index (χ2v) is 3.25. The van der Waals surface area contributed by atoms with Gasteiger partial charge in [-0.3, -0.25) is 4.79 Å². The number of hydrogen-bond acceptors (Lipinski definition) is 2. The van der Waals surface area contributed by atoms with E-state index in [0.717, 1.165) is 11.1 Å². The predicted molar refractivity (Wildman–Crippen MR) is 53.8 cm³/mol. The highest BCUT2D eigenvalue weighted by Gasteiger charge is 2.19. The minimum absolute atomic E-state index is 0.536. The standard InChI is InChI=1S/C11H14O3/c1-7-5-4-6-9(14-3)10(7)8(2)11(12)13/h4-6,8H,1-3H3,(H,12,13)/t8-/m0/s1. The lowest BCUT2D eigenvalue weighted by molar-refractivity contribution is -0.138. The molecular weight excluding hydrogens is 180 g/mol. The molecule has 0 spiro atoms. The molecule has 0 aromatic heterocycles. The van der Waals surface area contributed by atoms with Crippen molar-refractivity contribution in [3.63, 3.8) is 0 Å². The van der Waals surface area contributed by atoms with E-state index in [1.54, 1.807) is 20.1 Å². The molecule has 0 unspecified atom stereocenters. The first-order chi connectivity index (χ1) is 6.57. The fourth-order valence-corrected chi connectivity index (χ4v) is 1.51. The average molecular weight is 194 g/mol. The van der Waals surface area contributed by atoms with Crippen molar-refractivity contribution < 1.29 is 14.6 Å². The maximum atomic E-state index is 10.9. The van der Waals surface area contributed by atoms with Gasteiger partial charge in [0, 0.05) is 5.56 Å². The molecule has 0 heterocycles. The summed E-state index contributed by atoms with van der Waals surface area (Å²) < 4.78 is 5.13. The fraction of sp³-hybridized carbons (Fsp3) is 0.364. The van der Waals surface area contributed by atoms with Crippen LogP contribution in [0, 0.1) is 6.92 Å². The van der Waals surface area contributed by atoms with E-state index in [9.17, 15) is 4.79 Å². The highest BCUT2D eigenvalue weighted by Crippen LogP contribution is 2.29. The largest absolute Gasteiger partial charge is 0.496 e. The summed E-state index contributed by atoms with van der Waals surface area (Å²) >= 11 is 0. The summed E-state index contributed by atoms with van der Waals surface area (Å²) in [6.45, 7) is 3.55. The number of rotatable bonds is 3. The third-order valence-corrected chi connectivity index (χ3v) is 2.31. The molecule has 1 aromatic carbocycles. The molecule has 1 aromatic rings. The van der Waals surface area contributed by atoms with E-state index in [1.165, 1.54) is 0 Å². The van der Waals surface area contributed by atoms with Crippen LogP contribution in [0.25, 0.3) is 0 Å². The van der Waals surface area contributed by atoms with Crippen LogP contribution in [0.2, 0.25) is 0 Å². The number of carbonyl (C=O) groups is 1. The van der Waals surface area contributed by atoms with Crippen LogP contribution in [0.4, 0.5) is 0 Å². The van der Waals surface area contributed by atoms with Crippen LogP contribution in [-0.2, 0) is 4.79 Å². The van der Waals surface area contributed by atoms with Gasteiger partial charge in [-0.05, 0) is 25.5 Å². The molecule has 0 saturated heterocycles. The molecule has 0 aliphatic rings. The number of aliphatic carboxylic acids is 1. The number of hydrogen-bond donors (Lipinski definition) is 1. The van der Waals surface area contributed by atoms with Crippen LogP contribution >= 0.6 is 0 Å². The van der Waals surface area contributed by atoms with Crippen molar-refractivity contribution in [2.24, 2.45) is 0 Å². The zero-order chi connectivity index (χ0) is 10.7. The molecule has 1 atom stereocenters. The molecular formula is C11H14O3. The van der Waals surface area contributed by atoms with E-state index >= 15 is 0 Å². The summed E-state index contributed by atoms with van der Waals surface area (Å²) in [7, 11) is 1.55. The molecule has 3 nitrogen and oxygen atoms in total. The first-order valence-electron chi connectivity index (χ1n) is 4.44. The number of methoxy groups -OCH3 is 1. The van der Waals surface area contributed by atoms with Gasteiger partial charge in [-0.1, -0.05) is 12.1 Å². The van der Waals surface area contributed by atoms with Gasteiger partial charge in [0.15, 0.2) is 0 Å². The SMILES string of the molecule is COc1cccc(C)c1[C@H](C)C(=O)O. The lowest BCUT2D eigenvalue weighted by atomic mass is 9.95. The smallest absolute Gasteiger partial charge is 0.310 e. The second-order valence-electron chi connectivity index (χ2n) is 3.25. The highest BCUT2D eigenvalue weighted by atomic mass is 16.5. The molecule has 3 heteroatoms. The van der Waals surface area contributed by atoms with Crippen LogP contribution < -0.4 is 4.74 Å². The van der Waals surface area contributed by atoms with Crippen LogP contribution in [0.3, 0.4) is 0 Å². The summed E-state index contributed by atoms with van der Waals surface area (Å²) in [5.41, 5.74) is 1.70. The lowest BCUT2D eigenvalue weighted by Gasteiger charge is -2.14. The van der Waals surface area contributed by atoms with Crippen molar-refractivity contribution >= 4 is 5.97 Å². The number of carboxylic acid groups (broad SMARTS) is 1. The summed E-state index contributed by atoms with van der Waals surface area (Å²) in [5.74, 6) is -0.733. The summed E-state index contributed by atoms with van der Waals surface area (Å²) in [5, 5.41) is 8.92. The molecule has 0 amide bonds.